The molecule has 2 aromatic carbocycles. The first kappa shape index (κ1) is 17.0. The van der Waals surface area contributed by atoms with Gasteiger partial charge < -0.3 is 19.4 Å². The van der Waals surface area contributed by atoms with Crippen LogP contribution in [0.5, 0.6) is 11.5 Å². The van der Waals surface area contributed by atoms with Crippen LogP contribution >= 0.6 is 0 Å². The molecule has 0 bridgehead atoms. The van der Waals surface area contributed by atoms with Crippen molar-refractivity contribution in [2.45, 2.75) is 26.8 Å². The Kier molecular flexibility index (Phi) is 4.37. The molecule has 0 unspecified atom stereocenters. The average molecular weight is 350 g/mol. The summed E-state index contributed by atoms with van der Waals surface area (Å²) in [5.74, 6) is 1.72. The SMILES string of the molecule is C.Cn1c2c(c3cc(Cc4ccc5c(c4)OCCO5)ccc31)CNCC2. The van der Waals surface area contributed by atoms with Crippen molar-refractivity contribution >= 4 is 10.9 Å². The molecule has 0 spiro atoms. The third kappa shape index (κ3) is 2.74. The van der Waals surface area contributed by atoms with Crippen LogP contribution in [0.15, 0.2) is 36.4 Å². The number of benzene rings is 2. The van der Waals surface area contributed by atoms with Crippen LogP contribution in [-0.2, 0) is 26.4 Å². The first-order valence-electron chi connectivity index (χ1n) is 8.98. The molecule has 0 radical (unpaired) electrons. The maximum Gasteiger partial charge on any atom is 0.161 e. The van der Waals surface area contributed by atoms with Crippen molar-refractivity contribution in [3.05, 3.63) is 58.8 Å². The lowest BCUT2D eigenvalue weighted by Gasteiger charge is -2.19. The molecule has 4 heteroatoms. The highest BCUT2D eigenvalue weighted by Crippen LogP contribution is 2.33. The maximum atomic E-state index is 5.71. The van der Waals surface area contributed by atoms with Crippen LogP contribution in [0.25, 0.3) is 10.9 Å². The Morgan fingerprint density at radius 2 is 1.77 bits per heavy atom. The van der Waals surface area contributed by atoms with Gasteiger partial charge in [0.2, 0.25) is 0 Å². The quantitative estimate of drug-likeness (QED) is 0.763. The lowest BCUT2D eigenvalue weighted by molar-refractivity contribution is 0.171. The van der Waals surface area contributed by atoms with E-state index in [4.69, 9.17) is 9.47 Å². The number of ether oxygens (including phenoxy) is 2. The van der Waals surface area contributed by atoms with Crippen LogP contribution in [0.2, 0.25) is 0 Å². The highest BCUT2D eigenvalue weighted by molar-refractivity contribution is 5.86. The molecule has 0 saturated carbocycles. The molecule has 0 fully saturated rings. The van der Waals surface area contributed by atoms with Crippen molar-refractivity contribution in [2.24, 2.45) is 7.05 Å². The predicted molar refractivity (Wildman–Crippen MR) is 105 cm³/mol. The molecule has 3 heterocycles. The van der Waals surface area contributed by atoms with Crippen LogP contribution in [-0.4, -0.2) is 24.3 Å². The molecular weight excluding hydrogens is 324 g/mol. The molecule has 26 heavy (non-hydrogen) atoms. The number of hydrogen-bond acceptors (Lipinski definition) is 3. The first-order valence-corrected chi connectivity index (χ1v) is 8.98. The third-order valence-corrected chi connectivity index (χ3v) is 5.36. The monoisotopic (exact) mass is 350 g/mol. The molecule has 0 saturated heterocycles. The summed E-state index contributed by atoms with van der Waals surface area (Å²) in [6, 6.07) is 13.1. The van der Waals surface area contributed by atoms with Crippen LogP contribution in [0.3, 0.4) is 0 Å². The molecule has 136 valence electrons. The zero-order valence-corrected chi connectivity index (χ0v) is 14.5. The second kappa shape index (κ2) is 6.69. The van der Waals surface area contributed by atoms with Crippen molar-refractivity contribution in [1.82, 2.24) is 9.88 Å². The van der Waals surface area contributed by atoms with Gasteiger partial charge in [-0.05, 0) is 47.4 Å². The minimum Gasteiger partial charge on any atom is -0.486 e. The zero-order valence-electron chi connectivity index (χ0n) is 14.5. The minimum atomic E-state index is 0. The van der Waals surface area contributed by atoms with Gasteiger partial charge in [0.05, 0.1) is 0 Å². The molecule has 2 aliphatic heterocycles. The highest BCUT2D eigenvalue weighted by atomic mass is 16.6. The summed E-state index contributed by atoms with van der Waals surface area (Å²) < 4.78 is 13.7. The van der Waals surface area contributed by atoms with E-state index in [9.17, 15) is 0 Å². The Morgan fingerprint density at radius 1 is 1.00 bits per heavy atom. The van der Waals surface area contributed by atoms with E-state index >= 15 is 0 Å². The molecule has 5 rings (SSSR count). The smallest absolute Gasteiger partial charge is 0.161 e. The zero-order chi connectivity index (χ0) is 16.8. The van der Waals surface area contributed by atoms with Gasteiger partial charge in [0.15, 0.2) is 11.5 Å². The van der Waals surface area contributed by atoms with Gasteiger partial charge >= 0.3 is 0 Å². The number of hydrogen-bond donors (Lipinski definition) is 1. The van der Waals surface area contributed by atoms with Crippen molar-refractivity contribution in [1.29, 1.82) is 0 Å². The first-order chi connectivity index (χ1) is 12.3. The fraction of sp³-hybridized carbons (Fsp3) is 0.364. The van der Waals surface area contributed by atoms with E-state index in [0.717, 1.165) is 37.4 Å². The number of aryl methyl sites for hydroxylation is 1. The van der Waals surface area contributed by atoms with Crippen molar-refractivity contribution in [3.63, 3.8) is 0 Å². The third-order valence-electron chi connectivity index (χ3n) is 5.36. The lowest BCUT2D eigenvalue weighted by atomic mass is 10.0. The highest BCUT2D eigenvalue weighted by Gasteiger charge is 2.18. The number of fused-ring (bicyclic) bond motifs is 4. The maximum absolute atomic E-state index is 5.71. The number of nitrogens with zero attached hydrogens (tertiary/aromatic N) is 1. The Morgan fingerprint density at radius 3 is 2.65 bits per heavy atom. The van der Waals surface area contributed by atoms with E-state index in [1.54, 1.807) is 0 Å². The van der Waals surface area contributed by atoms with E-state index in [0.29, 0.717) is 13.2 Å². The topological polar surface area (TPSA) is 35.4 Å². The van der Waals surface area contributed by atoms with Gasteiger partial charge in [0.1, 0.15) is 13.2 Å². The van der Waals surface area contributed by atoms with Gasteiger partial charge in [-0.25, -0.2) is 0 Å². The summed E-state index contributed by atoms with van der Waals surface area (Å²) in [6.45, 7) is 3.31. The van der Waals surface area contributed by atoms with Crippen LogP contribution < -0.4 is 14.8 Å². The molecule has 4 nitrogen and oxygen atoms in total. The standard InChI is InChI=1S/C21H22N2O2.CH4/c1-23-18-4-2-14(11-16(18)17-13-22-7-6-19(17)23)10-15-3-5-20-21(12-15)25-9-8-24-20;/h2-5,11-12,22H,6-10,13H2,1H3;1H4. The van der Waals surface area contributed by atoms with E-state index in [1.807, 2.05) is 6.07 Å². The molecule has 3 aromatic rings. The molecular formula is C22H26N2O2. The summed E-state index contributed by atoms with van der Waals surface area (Å²) >= 11 is 0. The second-order valence-electron chi connectivity index (χ2n) is 6.92. The Balaban J connectivity index is 0.00000168. The Hall–Kier alpha value is -2.46. The fourth-order valence-electron chi connectivity index (χ4n) is 4.10. The molecule has 2 aliphatic rings. The molecule has 0 atom stereocenters. The van der Waals surface area contributed by atoms with Crippen molar-refractivity contribution in [3.8, 4) is 11.5 Å². The summed E-state index contributed by atoms with van der Waals surface area (Å²) in [7, 11) is 2.19. The fourth-order valence-corrected chi connectivity index (χ4v) is 4.10. The van der Waals surface area contributed by atoms with E-state index in [1.165, 1.54) is 33.3 Å². The van der Waals surface area contributed by atoms with Gasteiger partial charge in [-0.3, -0.25) is 0 Å². The normalized spacial score (nSPS) is 15.4. The molecule has 0 amide bonds. The predicted octanol–water partition coefficient (Wildman–Crippen LogP) is 3.82. The van der Waals surface area contributed by atoms with Gasteiger partial charge in [-0.15, -0.1) is 0 Å². The van der Waals surface area contributed by atoms with E-state index < -0.39 is 0 Å². The number of nitrogens with one attached hydrogen (secondary N) is 1. The van der Waals surface area contributed by atoms with Crippen LogP contribution in [0.1, 0.15) is 29.8 Å². The molecule has 0 aliphatic carbocycles. The van der Waals surface area contributed by atoms with E-state index in [2.05, 4.69) is 47.3 Å². The largest absolute Gasteiger partial charge is 0.486 e. The minimum absolute atomic E-state index is 0. The summed E-state index contributed by atoms with van der Waals surface area (Å²) in [5, 5.41) is 4.89. The van der Waals surface area contributed by atoms with Gasteiger partial charge in [-0.1, -0.05) is 19.6 Å². The summed E-state index contributed by atoms with van der Waals surface area (Å²) in [6.07, 6.45) is 2.02. The lowest BCUT2D eigenvalue weighted by Crippen LogP contribution is -2.24. The number of rotatable bonds is 2. The van der Waals surface area contributed by atoms with Gasteiger partial charge in [-0.2, -0.15) is 0 Å². The van der Waals surface area contributed by atoms with Crippen molar-refractivity contribution < 1.29 is 9.47 Å². The van der Waals surface area contributed by atoms with Gasteiger partial charge in [0.25, 0.3) is 0 Å². The Labute approximate surface area is 154 Å². The molecule has 1 aromatic heterocycles. The van der Waals surface area contributed by atoms with E-state index in [-0.39, 0.29) is 7.43 Å². The second-order valence-corrected chi connectivity index (χ2v) is 6.92. The Bertz CT molecular complexity index is 958. The van der Waals surface area contributed by atoms with Crippen LogP contribution in [0.4, 0.5) is 0 Å². The summed E-state index contributed by atoms with van der Waals surface area (Å²) in [5.41, 5.74) is 6.87. The summed E-state index contributed by atoms with van der Waals surface area (Å²) in [4.78, 5) is 0. The van der Waals surface area contributed by atoms with Crippen molar-refractivity contribution in [2.75, 3.05) is 19.8 Å². The van der Waals surface area contributed by atoms with Crippen LogP contribution in [0, 0.1) is 0 Å². The molecule has 1 N–H and O–H groups in total. The van der Waals surface area contributed by atoms with Gasteiger partial charge in [0, 0.05) is 43.2 Å². The average Bonchev–Trinajstić information content (AvgIpc) is 2.94. The number of aromatic nitrogens is 1.